The van der Waals surface area contributed by atoms with Gasteiger partial charge in [-0.05, 0) is 30.8 Å². The number of isothiocyanates is 1. The van der Waals surface area contributed by atoms with E-state index in [1.165, 1.54) is 32.1 Å². The number of pyridine rings is 1. The summed E-state index contributed by atoms with van der Waals surface area (Å²) >= 11 is 4.71. The Hall–Kier alpha value is -1.61. The van der Waals surface area contributed by atoms with E-state index in [1.807, 2.05) is 30.5 Å². The Morgan fingerprint density at radius 3 is 2.83 bits per heavy atom. The summed E-state index contributed by atoms with van der Waals surface area (Å²) in [6, 6.07) is 7.93. The predicted octanol–water partition coefficient (Wildman–Crippen LogP) is 5.85. The normalized spacial score (nSPS) is 10.7. The molecule has 1 aromatic heterocycles. The number of thiocarbonyl (C=S) groups is 1. The van der Waals surface area contributed by atoms with Gasteiger partial charge in [-0.2, -0.15) is 4.99 Å². The van der Waals surface area contributed by atoms with Crippen molar-refractivity contribution in [2.75, 3.05) is 6.61 Å². The van der Waals surface area contributed by atoms with Crippen LogP contribution in [0.15, 0.2) is 35.5 Å². The number of aliphatic imine (C=N–C) groups is 1. The van der Waals surface area contributed by atoms with Crippen LogP contribution in [-0.2, 0) is 11.3 Å². The molecule has 0 unspecified atom stereocenters. The second-order valence-corrected chi connectivity index (χ2v) is 5.88. The number of rotatable bonds is 10. The minimum absolute atomic E-state index is 0.542. The zero-order valence-corrected chi connectivity index (χ0v) is 14.6. The lowest BCUT2D eigenvalue weighted by atomic mass is 10.1. The van der Waals surface area contributed by atoms with Crippen LogP contribution in [0.4, 0.5) is 5.69 Å². The van der Waals surface area contributed by atoms with Gasteiger partial charge in [-0.15, -0.1) is 0 Å². The van der Waals surface area contributed by atoms with Gasteiger partial charge in [0.05, 0.1) is 23.1 Å². The molecule has 0 amide bonds. The average Bonchev–Trinajstić information content (AvgIpc) is 2.58. The SMILES string of the molecule is CCCCCCCCOCc1cc2c(N=C=S)cccc2cn1. The van der Waals surface area contributed by atoms with Crippen LogP contribution in [0.3, 0.4) is 0 Å². The van der Waals surface area contributed by atoms with Crippen LogP contribution in [0.2, 0.25) is 0 Å². The second-order valence-electron chi connectivity index (χ2n) is 5.70. The largest absolute Gasteiger partial charge is 0.375 e. The average molecular weight is 328 g/mol. The van der Waals surface area contributed by atoms with Crippen molar-refractivity contribution in [3.63, 3.8) is 0 Å². The van der Waals surface area contributed by atoms with Crippen LogP contribution < -0.4 is 0 Å². The summed E-state index contributed by atoms with van der Waals surface area (Å²) in [6.45, 7) is 3.58. The molecule has 0 radical (unpaired) electrons. The fourth-order valence-electron chi connectivity index (χ4n) is 2.58. The fraction of sp³-hybridized carbons (Fsp3) is 0.474. The number of hydrogen-bond acceptors (Lipinski definition) is 4. The molecule has 0 saturated heterocycles. The number of benzene rings is 1. The Morgan fingerprint density at radius 1 is 1.17 bits per heavy atom. The van der Waals surface area contributed by atoms with E-state index in [2.05, 4.69) is 22.1 Å². The molecule has 0 spiro atoms. The van der Waals surface area contributed by atoms with Gasteiger partial charge in [0.15, 0.2) is 0 Å². The smallest absolute Gasteiger partial charge is 0.0888 e. The van der Waals surface area contributed by atoms with Crippen LogP contribution in [0.1, 0.15) is 51.1 Å². The lowest BCUT2D eigenvalue weighted by molar-refractivity contribution is 0.114. The lowest BCUT2D eigenvalue weighted by Gasteiger charge is -2.06. The highest BCUT2D eigenvalue weighted by Crippen LogP contribution is 2.25. The highest BCUT2D eigenvalue weighted by molar-refractivity contribution is 7.78. The second kappa shape index (κ2) is 10.2. The zero-order chi connectivity index (χ0) is 16.3. The molecule has 0 aliphatic rings. The van der Waals surface area contributed by atoms with Crippen LogP contribution in [-0.4, -0.2) is 16.8 Å². The Bertz CT molecular complexity index is 665. The molecule has 23 heavy (non-hydrogen) atoms. The summed E-state index contributed by atoms with van der Waals surface area (Å²) in [5, 5.41) is 4.52. The molecule has 4 heteroatoms. The molecule has 2 aromatic rings. The van der Waals surface area contributed by atoms with E-state index >= 15 is 0 Å². The molecule has 0 aliphatic heterocycles. The molecule has 0 saturated carbocycles. The minimum atomic E-state index is 0.542. The van der Waals surface area contributed by atoms with Gasteiger partial charge in [0, 0.05) is 23.6 Å². The minimum Gasteiger partial charge on any atom is -0.375 e. The molecule has 0 bridgehead atoms. The summed E-state index contributed by atoms with van der Waals surface area (Å²) in [6.07, 6.45) is 9.52. The molecule has 3 nitrogen and oxygen atoms in total. The number of ether oxygens (including phenoxy) is 1. The van der Waals surface area contributed by atoms with Gasteiger partial charge in [0.25, 0.3) is 0 Å². The summed E-state index contributed by atoms with van der Waals surface area (Å²) in [7, 11) is 0. The first kappa shape index (κ1) is 17.7. The van der Waals surface area contributed by atoms with Gasteiger partial charge >= 0.3 is 0 Å². The molecule has 0 aliphatic carbocycles. The van der Waals surface area contributed by atoms with Crippen molar-refractivity contribution in [3.8, 4) is 0 Å². The molecule has 1 heterocycles. The lowest BCUT2D eigenvalue weighted by Crippen LogP contribution is -1.98. The Morgan fingerprint density at radius 2 is 2.00 bits per heavy atom. The van der Waals surface area contributed by atoms with Crippen molar-refractivity contribution < 1.29 is 4.74 Å². The van der Waals surface area contributed by atoms with Gasteiger partial charge in [-0.25, -0.2) is 0 Å². The fourth-order valence-corrected chi connectivity index (χ4v) is 2.68. The number of fused-ring (bicyclic) bond motifs is 1. The molecular formula is C19H24N2OS. The number of nitrogens with zero attached hydrogens (tertiary/aromatic N) is 2. The van der Waals surface area contributed by atoms with Gasteiger partial charge in [-0.3, -0.25) is 4.98 Å². The van der Waals surface area contributed by atoms with Crippen molar-refractivity contribution in [2.45, 2.75) is 52.1 Å². The number of aromatic nitrogens is 1. The first-order valence-electron chi connectivity index (χ1n) is 8.38. The number of hydrogen-bond donors (Lipinski definition) is 0. The Balaban J connectivity index is 1.84. The predicted molar refractivity (Wildman–Crippen MR) is 99.5 cm³/mol. The maximum atomic E-state index is 5.75. The molecule has 0 fully saturated rings. The Kier molecular flexibility index (Phi) is 7.88. The van der Waals surface area contributed by atoms with Gasteiger partial charge in [0.2, 0.25) is 0 Å². The van der Waals surface area contributed by atoms with E-state index in [1.54, 1.807) is 0 Å². The summed E-state index contributed by atoms with van der Waals surface area (Å²) in [4.78, 5) is 8.57. The maximum Gasteiger partial charge on any atom is 0.0888 e. The third-order valence-corrected chi connectivity index (χ3v) is 3.95. The van der Waals surface area contributed by atoms with E-state index in [9.17, 15) is 0 Å². The summed E-state index contributed by atoms with van der Waals surface area (Å²) in [5.74, 6) is 0. The summed E-state index contributed by atoms with van der Waals surface area (Å²) in [5.41, 5.74) is 1.76. The Labute approximate surface area is 143 Å². The topological polar surface area (TPSA) is 34.5 Å². The molecule has 2 rings (SSSR count). The zero-order valence-electron chi connectivity index (χ0n) is 13.8. The van der Waals surface area contributed by atoms with Crippen LogP contribution in [0.25, 0.3) is 10.8 Å². The standard InChI is InChI=1S/C19H24N2OS/c1-2-3-4-5-6-7-11-22-14-17-12-18-16(13-20-17)9-8-10-19(18)21-15-23/h8-10,12-13H,2-7,11,14H2,1H3. The molecular weight excluding hydrogens is 304 g/mol. The van der Waals surface area contributed by atoms with E-state index < -0.39 is 0 Å². The van der Waals surface area contributed by atoms with E-state index in [-0.39, 0.29) is 0 Å². The third-order valence-electron chi connectivity index (χ3n) is 3.86. The van der Waals surface area contributed by atoms with Crippen molar-refractivity contribution in [1.82, 2.24) is 4.98 Å². The van der Waals surface area contributed by atoms with Crippen molar-refractivity contribution in [1.29, 1.82) is 0 Å². The first-order valence-corrected chi connectivity index (χ1v) is 8.79. The van der Waals surface area contributed by atoms with E-state index in [4.69, 9.17) is 17.0 Å². The third kappa shape index (κ3) is 5.83. The van der Waals surface area contributed by atoms with Gasteiger partial charge < -0.3 is 4.74 Å². The molecule has 0 N–H and O–H groups in total. The molecule has 1 aromatic carbocycles. The van der Waals surface area contributed by atoms with Crippen LogP contribution >= 0.6 is 12.2 Å². The summed E-state index contributed by atoms with van der Waals surface area (Å²) < 4.78 is 5.75. The van der Waals surface area contributed by atoms with Crippen LogP contribution in [0.5, 0.6) is 0 Å². The van der Waals surface area contributed by atoms with Crippen LogP contribution in [0, 0.1) is 0 Å². The van der Waals surface area contributed by atoms with E-state index in [0.717, 1.165) is 35.2 Å². The van der Waals surface area contributed by atoms with Gasteiger partial charge in [0.1, 0.15) is 0 Å². The van der Waals surface area contributed by atoms with Crippen molar-refractivity contribution in [2.24, 2.45) is 4.99 Å². The van der Waals surface area contributed by atoms with Crippen molar-refractivity contribution in [3.05, 3.63) is 36.2 Å². The number of unbranched alkanes of at least 4 members (excludes halogenated alkanes) is 5. The molecule has 0 atom stereocenters. The highest BCUT2D eigenvalue weighted by atomic mass is 32.1. The van der Waals surface area contributed by atoms with Gasteiger partial charge in [-0.1, -0.05) is 51.2 Å². The quantitative estimate of drug-likeness (QED) is 0.312. The molecule has 122 valence electrons. The first-order chi connectivity index (χ1) is 11.3. The highest BCUT2D eigenvalue weighted by Gasteiger charge is 2.03. The maximum absolute atomic E-state index is 5.75. The van der Waals surface area contributed by atoms with E-state index in [0.29, 0.717) is 6.61 Å². The monoisotopic (exact) mass is 328 g/mol. The van der Waals surface area contributed by atoms with Crippen molar-refractivity contribution >= 4 is 33.8 Å².